The smallest absolute Gasteiger partial charge is 0.0220 e. The van der Waals surface area contributed by atoms with E-state index in [0.717, 1.165) is 17.9 Å². The third-order valence-corrected chi connectivity index (χ3v) is 5.75. The van der Waals surface area contributed by atoms with E-state index in [1.807, 2.05) is 0 Å². The number of hydrogen-bond donors (Lipinski definition) is 1. The van der Waals surface area contributed by atoms with Crippen LogP contribution in [0.2, 0.25) is 0 Å². The molecule has 1 saturated carbocycles. The second kappa shape index (κ2) is 7.26. The minimum absolute atomic E-state index is 0.519. The van der Waals surface area contributed by atoms with Crippen molar-refractivity contribution in [2.24, 2.45) is 17.3 Å². The lowest BCUT2D eigenvalue weighted by Gasteiger charge is -2.41. The van der Waals surface area contributed by atoms with Crippen molar-refractivity contribution in [3.8, 4) is 0 Å². The van der Waals surface area contributed by atoms with Crippen LogP contribution in [0.1, 0.15) is 65.7 Å². The number of rotatable bonds is 4. The first-order valence-electron chi connectivity index (χ1n) is 8.89. The fraction of sp³-hybridized carbons (Fsp3) is 1.00. The molecule has 0 bridgehead atoms. The Balaban J connectivity index is 1.79. The van der Waals surface area contributed by atoms with Crippen LogP contribution in [0.3, 0.4) is 0 Å². The number of piperidine rings is 1. The van der Waals surface area contributed by atoms with Crippen molar-refractivity contribution in [1.29, 1.82) is 0 Å². The van der Waals surface area contributed by atoms with Crippen LogP contribution < -0.4 is 5.32 Å². The molecule has 1 aliphatic carbocycles. The van der Waals surface area contributed by atoms with Gasteiger partial charge in [0.2, 0.25) is 0 Å². The molecule has 0 spiro atoms. The molecule has 20 heavy (non-hydrogen) atoms. The molecular weight excluding hydrogens is 244 g/mol. The van der Waals surface area contributed by atoms with Gasteiger partial charge in [-0.15, -0.1) is 0 Å². The maximum atomic E-state index is 3.39. The Morgan fingerprint density at radius 2 is 1.70 bits per heavy atom. The van der Waals surface area contributed by atoms with Crippen LogP contribution in [0.15, 0.2) is 0 Å². The minimum Gasteiger partial charge on any atom is -0.318 e. The molecule has 2 heteroatoms. The van der Waals surface area contributed by atoms with E-state index in [9.17, 15) is 0 Å². The van der Waals surface area contributed by atoms with Gasteiger partial charge in [-0.3, -0.25) is 4.90 Å². The highest BCUT2D eigenvalue weighted by molar-refractivity contribution is 4.85. The molecule has 0 aromatic rings. The molecule has 1 aliphatic heterocycles. The average Bonchev–Trinajstić information content (AvgIpc) is 2.41. The molecule has 0 aromatic carbocycles. The molecule has 2 fully saturated rings. The topological polar surface area (TPSA) is 15.3 Å². The Morgan fingerprint density at radius 1 is 1.00 bits per heavy atom. The Morgan fingerprint density at radius 3 is 2.30 bits per heavy atom. The highest BCUT2D eigenvalue weighted by Gasteiger charge is 2.31. The van der Waals surface area contributed by atoms with Crippen LogP contribution in [0.4, 0.5) is 0 Å². The molecule has 2 nitrogen and oxygen atoms in total. The SMILES string of the molecule is CNCC1CCCCN1CC1CCC(C(C)(C)C)CC1. The van der Waals surface area contributed by atoms with E-state index in [2.05, 4.69) is 38.0 Å². The second-order valence-electron chi connectivity index (χ2n) is 8.29. The predicted molar refractivity (Wildman–Crippen MR) is 88.0 cm³/mol. The summed E-state index contributed by atoms with van der Waals surface area (Å²) >= 11 is 0. The zero-order valence-corrected chi connectivity index (χ0v) is 14.3. The summed E-state index contributed by atoms with van der Waals surface area (Å²) in [6, 6.07) is 0.800. The highest BCUT2D eigenvalue weighted by Crippen LogP contribution is 2.40. The standard InChI is InChI=1S/C18H36N2/c1-18(2,3)16-10-8-15(9-11-16)14-20-12-6-5-7-17(20)13-19-4/h15-17,19H,5-14H2,1-4H3. The Bertz CT molecular complexity index is 272. The lowest BCUT2D eigenvalue weighted by Crippen LogP contribution is -2.47. The second-order valence-corrected chi connectivity index (χ2v) is 8.29. The summed E-state index contributed by atoms with van der Waals surface area (Å²) < 4.78 is 0. The van der Waals surface area contributed by atoms with Crippen molar-refractivity contribution < 1.29 is 0 Å². The molecule has 1 atom stereocenters. The number of hydrogen-bond acceptors (Lipinski definition) is 2. The van der Waals surface area contributed by atoms with Crippen molar-refractivity contribution in [3.05, 3.63) is 0 Å². The summed E-state index contributed by atoms with van der Waals surface area (Å²) in [6.07, 6.45) is 10.1. The van der Waals surface area contributed by atoms with E-state index in [0.29, 0.717) is 5.41 Å². The maximum Gasteiger partial charge on any atom is 0.0220 e. The molecule has 118 valence electrons. The number of likely N-dealkylation sites (tertiary alicyclic amines) is 1. The van der Waals surface area contributed by atoms with Gasteiger partial charge in [-0.2, -0.15) is 0 Å². The van der Waals surface area contributed by atoms with Gasteiger partial charge in [-0.05, 0) is 69.4 Å². The summed E-state index contributed by atoms with van der Waals surface area (Å²) in [5, 5.41) is 3.39. The van der Waals surface area contributed by atoms with Crippen LogP contribution in [-0.4, -0.2) is 37.6 Å². The average molecular weight is 281 g/mol. The third kappa shape index (κ3) is 4.46. The van der Waals surface area contributed by atoms with Crippen molar-refractivity contribution in [1.82, 2.24) is 10.2 Å². The fourth-order valence-electron chi connectivity index (χ4n) is 4.31. The fourth-order valence-corrected chi connectivity index (χ4v) is 4.31. The van der Waals surface area contributed by atoms with Crippen molar-refractivity contribution in [2.75, 3.05) is 26.7 Å². The predicted octanol–water partition coefficient (Wildman–Crippen LogP) is 3.91. The van der Waals surface area contributed by atoms with E-state index in [1.165, 1.54) is 64.6 Å². The van der Waals surface area contributed by atoms with Gasteiger partial charge in [0.15, 0.2) is 0 Å². The van der Waals surface area contributed by atoms with Gasteiger partial charge in [0, 0.05) is 19.1 Å². The van der Waals surface area contributed by atoms with Crippen LogP contribution in [0, 0.1) is 17.3 Å². The van der Waals surface area contributed by atoms with Crippen molar-refractivity contribution in [2.45, 2.75) is 71.8 Å². The molecule has 1 unspecified atom stereocenters. The van der Waals surface area contributed by atoms with E-state index >= 15 is 0 Å². The first kappa shape index (κ1) is 16.3. The summed E-state index contributed by atoms with van der Waals surface area (Å²) in [7, 11) is 2.10. The van der Waals surface area contributed by atoms with Gasteiger partial charge < -0.3 is 5.32 Å². The summed E-state index contributed by atoms with van der Waals surface area (Å²) in [5.41, 5.74) is 0.519. The number of nitrogens with zero attached hydrogens (tertiary/aromatic N) is 1. The first-order chi connectivity index (χ1) is 9.50. The summed E-state index contributed by atoms with van der Waals surface area (Å²) in [6.45, 7) is 11.1. The van der Waals surface area contributed by atoms with E-state index < -0.39 is 0 Å². The monoisotopic (exact) mass is 280 g/mol. The van der Waals surface area contributed by atoms with Crippen molar-refractivity contribution in [3.63, 3.8) is 0 Å². The molecule has 2 aliphatic rings. The minimum atomic E-state index is 0.519. The van der Waals surface area contributed by atoms with Gasteiger partial charge in [0.1, 0.15) is 0 Å². The molecule has 1 N–H and O–H groups in total. The number of nitrogens with one attached hydrogen (secondary N) is 1. The number of likely N-dealkylation sites (N-methyl/N-ethyl adjacent to an activating group) is 1. The summed E-state index contributed by atoms with van der Waals surface area (Å²) in [4.78, 5) is 2.79. The van der Waals surface area contributed by atoms with Gasteiger partial charge >= 0.3 is 0 Å². The van der Waals surface area contributed by atoms with Gasteiger partial charge in [0.25, 0.3) is 0 Å². The highest BCUT2D eigenvalue weighted by atomic mass is 15.2. The summed E-state index contributed by atoms with van der Waals surface area (Å²) in [5.74, 6) is 1.92. The zero-order chi connectivity index (χ0) is 14.6. The normalized spacial score (nSPS) is 33.3. The van der Waals surface area contributed by atoms with Crippen LogP contribution in [0.25, 0.3) is 0 Å². The Kier molecular flexibility index (Phi) is 5.92. The van der Waals surface area contributed by atoms with Crippen LogP contribution >= 0.6 is 0 Å². The molecule has 0 amide bonds. The maximum absolute atomic E-state index is 3.39. The van der Waals surface area contributed by atoms with Crippen LogP contribution in [0.5, 0.6) is 0 Å². The van der Waals surface area contributed by atoms with Gasteiger partial charge in [-0.25, -0.2) is 0 Å². The molecule has 0 aromatic heterocycles. The van der Waals surface area contributed by atoms with E-state index in [1.54, 1.807) is 0 Å². The van der Waals surface area contributed by atoms with Gasteiger partial charge in [0.05, 0.1) is 0 Å². The molecule has 1 saturated heterocycles. The molecule has 1 heterocycles. The quantitative estimate of drug-likeness (QED) is 0.840. The molecule has 2 rings (SSSR count). The van der Waals surface area contributed by atoms with Crippen LogP contribution in [-0.2, 0) is 0 Å². The first-order valence-corrected chi connectivity index (χ1v) is 8.89. The van der Waals surface area contributed by atoms with E-state index in [4.69, 9.17) is 0 Å². The molecule has 0 radical (unpaired) electrons. The Hall–Kier alpha value is -0.0800. The third-order valence-electron chi connectivity index (χ3n) is 5.75. The zero-order valence-electron chi connectivity index (χ0n) is 14.3. The van der Waals surface area contributed by atoms with Gasteiger partial charge in [-0.1, -0.05) is 27.2 Å². The lowest BCUT2D eigenvalue weighted by molar-refractivity contribution is 0.0874. The van der Waals surface area contributed by atoms with Crippen molar-refractivity contribution >= 4 is 0 Å². The van der Waals surface area contributed by atoms with E-state index in [-0.39, 0.29) is 0 Å². The lowest BCUT2D eigenvalue weighted by atomic mass is 9.69. The molecular formula is C18H36N2. The Labute approximate surface area is 126 Å². The largest absolute Gasteiger partial charge is 0.318 e.